The topological polar surface area (TPSA) is 86.5 Å². The van der Waals surface area contributed by atoms with Crippen molar-refractivity contribution in [3.8, 4) is 0 Å². The van der Waals surface area contributed by atoms with Crippen LogP contribution in [-0.2, 0) is 19.9 Å². The molecule has 0 saturated carbocycles. The van der Waals surface area contributed by atoms with Crippen molar-refractivity contribution in [3.63, 3.8) is 0 Å². The minimum atomic E-state index is -2.39. The third-order valence-electron chi connectivity index (χ3n) is 1.25. The Hall–Kier alpha value is -1.88. The average molecular weight is 241 g/mol. The van der Waals surface area contributed by atoms with E-state index in [9.17, 15) is 13.2 Å². The van der Waals surface area contributed by atoms with Gasteiger partial charge in [0.15, 0.2) is 0 Å². The van der Waals surface area contributed by atoms with Crippen LogP contribution in [0.25, 0.3) is 0 Å². The van der Waals surface area contributed by atoms with Gasteiger partial charge in [0.25, 0.3) is 10.3 Å². The molecular weight excluding hydrogens is 230 g/mol. The minimum absolute atomic E-state index is 0.190. The van der Waals surface area contributed by atoms with Crippen molar-refractivity contribution in [2.45, 2.75) is 6.42 Å². The van der Waals surface area contributed by atoms with Crippen LogP contribution >= 0.6 is 0 Å². The number of hydrogen-bond acceptors (Lipinski definition) is 5. The van der Waals surface area contributed by atoms with Crippen LogP contribution in [0.5, 0.6) is 0 Å². The summed E-state index contributed by atoms with van der Waals surface area (Å²) >= 11 is 0. The van der Waals surface area contributed by atoms with Gasteiger partial charge in [-0.25, -0.2) is 0 Å². The van der Waals surface area contributed by atoms with E-state index in [1.807, 2.05) is 41.4 Å². The minimum Gasteiger partial charge on any atom is -0.373 e. The first-order valence-electron chi connectivity index (χ1n) is 4.23. The van der Waals surface area contributed by atoms with Crippen LogP contribution in [0.15, 0.2) is 42.5 Å². The summed E-state index contributed by atoms with van der Waals surface area (Å²) in [5, 5.41) is 1.85. The molecule has 0 saturated heterocycles. The second kappa shape index (κ2) is 9.67. The van der Waals surface area contributed by atoms with Gasteiger partial charge in [0.05, 0.1) is 6.42 Å². The molecule has 86 valence electrons. The highest BCUT2D eigenvalue weighted by molar-refractivity contribution is 7.70. The Labute approximate surface area is 94.6 Å². The van der Waals surface area contributed by atoms with E-state index in [0.29, 0.717) is 0 Å². The summed E-state index contributed by atoms with van der Waals surface area (Å²) in [5.74, 6) is 3.73. The van der Waals surface area contributed by atoms with Gasteiger partial charge in [0, 0.05) is 5.02 Å². The zero-order valence-electron chi connectivity index (χ0n) is 8.37. The average Bonchev–Trinajstić information content (AvgIpc) is 2.31. The predicted molar refractivity (Wildman–Crippen MR) is 59.8 cm³/mol. The first-order chi connectivity index (χ1) is 7.66. The normalized spacial score (nSPS) is 7.81. The Bertz CT molecular complexity index is 426. The fraction of sp³-hybridized carbons (Fsp3) is 0.100. The van der Waals surface area contributed by atoms with Crippen molar-refractivity contribution in [2.75, 3.05) is 0 Å². The lowest BCUT2D eigenvalue weighted by molar-refractivity contribution is -0.143. The van der Waals surface area contributed by atoms with Gasteiger partial charge in [-0.05, 0) is 6.08 Å². The Kier molecular flexibility index (Phi) is 8.53. The van der Waals surface area contributed by atoms with Gasteiger partial charge < -0.3 is 4.84 Å². The first-order valence-corrected chi connectivity index (χ1v) is 5.31. The molecule has 1 aromatic rings. The molecule has 5 nitrogen and oxygen atoms in total. The lowest BCUT2D eigenvalue weighted by atomic mass is 10.4. The molecule has 2 N–H and O–H groups in total. The van der Waals surface area contributed by atoms with E-state index in [-0.39, 0.29) is 6.42 Å². The van der Waals surface area contributed by atoms with Crippen LogP contribution in [0, 0.1) is 0 Å². The van der Waals surface area contributed by atoms with Gasteiger partial charge in [0.2, 0.25) is 0 Å². The van der Waals surface area contributed by atoms with Crippen LogP contribution in [0.1, 0.15) is 6.42 Å². The maximum absolute atomic E-state index is 10.2. The highest BCUT2D eigenvalue weighted by Crippen LogP contribution is 1.80. The summed E-state index contributed by atoms with van der Waals surface area (Å²) in [7, 11) is -2.39. The van der Waals surface area contributed by atoms with Crippen molar-refractivity contribution in [3.05, 3.63) is 42.5 Å². The molecular formula is C10H11NO4S. The van der Waals surface area contributed by atoms with Gasteiger partial charge in [-0.1, -0.05) is 36.4 Å². The monoisotopic (exact) mass is 241 g/mol. The lowest BCUT2D eigenvalue weighted by Gasteiger charge is -1.86. The summed E-state index contributed by atoms with van der Waals surface area (Å²) in [6.45, 7) is 0. The predicted octanol–water partition coefficient (Wildman–Crippen LogP) is 0.316. The second-order valence-corrected chi connectivity index (χ2v) is 3.11. The van der Waals surface area contributed by atoms with E-state index >= 15 is 0 Å². The molecule has 0 bridgehead atoms. The van der Waals surface area contributed by atoms with E-state index in [4.69, 9.17) is 0 Å². The zero-order chi connectivity index (χ0) is 12.2. The molecule has 0 aliphatic rings. The Morgan fingerprint density at radius 1 is 1.19 bits per heavy atom. The molecule has 0 spiro atoms. The van der Waals surface area contributed by atoms with Crippen molar-refractivity contribution in [1.82, 2.24) is 0 Å². The maximum atomic E-state index is 10.2. The third-order valence-corrected chi connectivity index (χ3v) is 1.61. The number of carbonyl (C=O) groups is 1. The SMILES string of the molecule is NOC(=O)CC=C=S(=O)=O.c1ccccc1. The van der Waals surface area contributed by atoms with Crippen molar-refractivity contribution >= 4 is 21.3 Å². The Morgan fingerprint density at radius 3 is 1.94 bits per heavy atom. The molecule has 6 heteroatoms. The zero-order valence-corrected chi connectivity index (χ0v) is 9.18. The van der Waals surface area contributed by atoms with Crippen LogP contribution in [-0.4, -0.2) is 19.4 Å². The first kappa shape index (κ1) is 14.1. The van der Waals surface area contributed by atoms with Gasteiger partial charge in [-0.2, -0.15) is 14.3 Å². The summed E-state index contributed by atoms with van der Waals surface area (Å²) in [6, 6.07) is 12.0. The van der Waals surface area contributed by atoms with Crippen molar-refractivity contribution in [1.29, 1.82) is 0 Å². The molecule has 0 amide bonds. The largest absolute Gasteiger partial charge is 0.373 e. The smallest absolute Gasteiger partial charge is 0.328 e. The van der Waals surface area contributed by atoms with Crippen LogP contribution < -0.4 is 5.90 Å². The van der Waals surface area contributed by atoms with E-state index in [1.54, 1.807) is 0 Å². The van der Waals surface area contributed by atoms with E-state index in [0.717, 1.165) is 6.08 Å². The summed E-state index contributed by atoms with van der Waals surface area (Å²) in [6.07, 6.45) is 0.822. The third kappa shape index (κ3) is 10.2. The number of nitrogens with two attached hydrogens (primary N) is 1. The molecule has 0 aromatic heterocycles. The van der Waals surface area contributed by atoms with Crippen molar-refractivity contribution in [2.24, 2.45) is 5.90 Å². The number of benzene rings is 1. The fourth-order valence-electron chi connectivity index (χ4n) is 0.626. The molecule has 0 radical (unpaired) electrons. The standard InChI is InChI=1S/C6H6.C4H5NO4S/c1-2-4-6-5-3-1;5-9-4(6)2-1-3-10(7)8/h1-6H;1H,2,5H2. The second-order valence-electron chi connectivity index (χ2n) is 2.41. The molecule has 0 unspecified atom stereocenters. The van der Waals surface area contributed by atoms with Gasteiger partial charge in [-0.15, -0.1) is 0 Å². The molecule has 1 rings (SSSR count). The van der Waals surface area contributed by atoms with Crippen LogP contribution in [0.3, 0.4) is 0 Å². The Morgan fingerprint density at radius 2 is 1.62 bits per heavy atom. The maximum Gasteiger partial charge on any atom is 0.328 e. The summed E-state index contributed by atoms with van der Waals surface area (Å²) < 4.78 is 19.5. The molecule has 16 heavy (non-hydrogen) atoms. The highest BCUT2D eigenvalue weighted by atomic mass is 32.2. The van der Waals surface area contributed by atoms with E-state index < -0.39 is 16.3 Å². The highest BCUT2D eigenvalue weighted by Gasteiger charge is 1.93. The quantitative estimate of drug-likeness (QED) is 0.595. The molecule has 1 aromatic carbocycles. The number of carbonyl (C=O) groups excluding carboxylic acids is 1. The van der Waals surface area contributed by atoms with Gasteiger partial charge in [0.1, 0.15) is 0 Å². The number of rotatable bonds is 2. The molecule has 0 heterocycles. The van der Waals surface area contributed by atoms with E-state index in [2.05, 4.69) is 10.7 Å². The van der Waals surface area contributed by atoms with Gasteiger partial charge in [-0.3, -0.25) is 4.79 Å². The summed E-state index contributed by atoms with van der Waals surface area (Å²) in [5.41, 5.74) is 0. The number of hydrogen-bond donors (Lipinski definition) is 1. The summed E-state index contributed by atoms with van der Waals surface area (Å²) in [4.78, 5) is 13.9. The van der Waals surface area contributed by atoms with E-state index in [1.165, 1.54) is 0 Å². The molecule has 0 fully saturated rings. The molecule has 0 aliphatic carbocycles. The van der Waals surface area contributed by atoms with Crippen LogP contribution in [0.4, 0.5) is 0 Å². The van der Waals surface area contributed by atoms with Crippen LogP contribution in [0.2, 0.25) is 0 Å². The molecule has 0 aliphatic heterocycles. The molecule has 0 atom stereocenters. The Balaban J connectivity index is 0.000000315. The lowest BCUT2D eigenvalue weighted by Crippen LogP contribution is -2.07. The fourth-order valence-corrected chi connectivity index (χ4v) is 0.845. The van der Waals surface area contributed by atoms with Crippen molar-refractivity contribution < 1.29 is 18.0 Å². The van der Waals surface area contributed by atoms with Gasteiger partial charge >= 0.3 is 5.97 Å².